The van der Waals surface area contributed by atoms with Crippen molar-refractivity contribution in [2.24, 2.45) is 0 Å². The van der Waals surface area contributed by atoms with Gasteiger partial charge in [-0.15, -0.1) is 0 Å². The number of nitrogens with zero attached hydrogens (tertiary/aromatic N) is 3. The van der Waals surface area contributed by atoms with E-state index in [4.69, 9.17) is 0 Å². The van der Waals surface area contributed by atoms with Gasteiger partial charge in [-0.25, -0.2) is 9.37 Å². The molecule has 0 amide bonds. The maximum Gasteiger partial charge on any atom is 0.311 e. The van der Waals surface area contributed by atoms with E-state index >= 15 is 0 Å². The Morgan fingerprint density at radius 2 is 1.93 bits per heavy atom. The monoisotopic (exact) mass is 403 g/mol. The molecule has 3 N–H and O–H groups in total. The van der Waals surface area contributed by atoms with Gasteiger partial charge in [-0.05, 0) is 57.5 Å². The lowest BCUT2D eigenvalue weighted by atomic mass is 10.1. The molecule has 8 nitrogen and oxygen atoms in total. The number of rotatable bonds is 5. The molecule has 9 heteroatoms. The lowest BCUT2D eigenvalue weighted by Crippen LogP contribution is -2.44. The van der Waals surface area contributed by atoms with E-state index in [1.54, 1.807) is 18.2 Å². The molecule has 1 saturated heterocycles. The molecule has 1 aromatic heterocycles. The summed E-state index contributed by atoms with van der Waals surface area (Å²) in [5, 5.41) is 27.1. The normalized spacial score (nSPS) is 19.7. The third kappa shape index (κ3) is 5.32. The molecule has 29 heavy (non-hydrogen) atoms. The number of aliphatic hydroxyl groups excluding tert-OH is 1. The number of nitro groups is 1. The summed E-state index contributed by atoms with van der Waals surface area (Å²) in [6.07, 6.45) is -1.80. The Balaban J connectivity index is 1.78. The van der Waals surface area contributed by atoms with Gasteiger partial charge in [0, 0.05) is 29.5 Å². The average Bonchev–Trinajstić information content (AvgIpc) is 2.63. The fourth-order valence-corrected chi connectivity index (χ4v) is 3.16. The quantitative estimate of drug-likeness (QED) is 0.514. The van der Waals surface area contributed by atoms with E-state index in [0.29, 0.717) is 24.5 Å². The number of anilines is 4. The molecular formula is C20H26FN5O3. The summed E-state index contributed by atoms with van der Waals surface area (Å²) < 4.78 is 13.8. The Kier molecular flexibility index (Phi) is 5.88. The average molecular weight is 403 g/mol. The number of alkyl halides is 1. The van der Waals surface area contributed by atoms with Crippen molar-refractivity contribution < 1.29 is 14.4 Å². The van der Waals surface area contributed by atoms with Crippen LogP contribution in [0, 0.1) is 10.1 Å². The van der Waals surface area contributed by atoms with Crippen LogP contribution in [0.1, 0.15) is 27.2 Å². The Labute approximate surface area is 168 Å². The van der Waals surface area contributed by atoms with Crippen molar-refractivity contribution in [1.82, 2.24) is 4.98 Å². The number of halogens is 1. The van der Waals surface area contributed by atoms with E-state index in [0.717, 1.165) is 5.69 Å². The van der Waals surface area contributed by atoms with Crippen molar-refractivity contribution in [3.8, 4) is 0 Å². The highest BCUT2D eigenvalue weighted by Crippen LogP contribution is 2.30. The predicted molar refractivity (Wildman–Crippen MR) is 112 cm³/mol. The van der Waals surface area contributed by atoms with E-state index in [2.05, 4.69) is 15.6 Å². The van der Waals surface area contributed by atoms with Crippen LogP contribution in [-0.4, -0.2) is 45.9 Å². The molecule has 0 spiro atoms. The highest BCUT2D eigenvalue weighted by atomic mass is 19.1. The van der Waals surface area contributed by atoms with E-state index in [1.807, 2.05) is 37.8 Å². The number of aromatic nitrogens is 1. The SMILES string of the molecule is CC(C)(C)Nc1ccc([N+](=O)[O-])c(Nc2ccc(N3CCC(O)C(F)C3)cc2)n1. The number of aliphatic hydroxyl groups is 1. The van der Waals surface area contributed by atoms with Crippen LogP contribution in [0.4, 0.5) is 33.1 Å². The molecular weight excluding hydrogens is 377 g/mol. The van der Waals surface area contributed by atoms with Crippen LogP contribution in [0.2, 0.25) is 0 Å². The first kappa shape index (κ1) is 20.8. The summed E-state index contributed by atoms with van der Waals surface area (Å²) in [5.41, 5.74) is 1.10. The molecule has 3 rings (SSSR count). The number of benzene rings is 1. The van der Waals surface area contributed by atoms with Crippen LogP contribution in [0.3, 0.4) is 0 Å². The largest absolute Gasteiger partial charge is 0.390 e. The van der Waals surface area contributed by atoms with Crippen LogP contribution in [0.5, 0.6) is 0 Å². The summed E-state index contributed by atoms with van der Waals surface area (Å²) >= 11 is 0. The first-order chi connectivity index (χ1) is 13.6. The summed E-state index contributed by atoms with van der Waals surface area (Å²) in [7, 11) is 0. The van der Waals surface area contributed by atoms with Gasteiger partial charge in [0.1, 0.15) is 12.0 Å². The van der Waals surface area contributed by atoms with E-state index in [-0.39, 0.29) is 23.6 Å². The van der Waals surface area contributed by atoms with Crippen molar-refractivity contribution in [2.75, 3.05) is 28.6 Å². The molecule has 2 heterocycles. The first-order valence-corrected chi connectivity index (χ1v) is 9.50. The van der Waals surface area contributed by atoms with Gasteiger partial charge in [0.25, 0.3) is 0 Å². The van der Waals surface area contributed by atoms with Crippen LogP contribution < -0.4 is 15.5 Å². The second kappa shape index (κ2) is 8.20. The molecule has 1 fully saturated rings. The van der Waals surface area contributed by atoms with Gasteiger partial charge in [0.15, 0.2) is 0 Å². The lowest BCUT2D eigenvalue weighted by Gasteiger charge is -2.33. The molecule has 1 aliphatic heterocycles. The minimum Gasteiger partial charge on any atom is -0.390 e. The molecule has 1 aliphatic rings. The highest BCUT2D eigenvalue weighted by molar-refractivity contribution is 5.69. The van der Waals surface area contributed by atoms with Crippen LogP contribution >= 0.6 is 0 Å². The van der Waals surface area contributed by atoms with Crippen LogP contribution in [0.15, 0.2) is 36.4 Å². The van der Waals surface area contributed by atoms with Gasteiger partial charge in [0.05, 0.1) is 17.6 Å². The zero-order chi connectivity index (χ0) is 21.2. The number of pyridine rings is 1. The van der Waals surface area contributed by atoms with Gasteiger partial charge < -0.3 is 20.6 Å². The fraction of sp³-hybridized carbons (Fsp3) is 0.450. The highest BCUT2D eigenvalue weighted by Gasteiger charge is 2.27. The molecule has 2 aromatic rings. The standard InChI is InChI=1S/C20H26FN5O3/c1-20(2,3)24-18-9-8-16(26(28)29)19(23-18)22-13-4-6-14(7-5-13)25-11-10-17(27)15(21)12-25/h4-9,15,17,27H,10-12H2,1-3H3,(H2,22,23,24). The fourth-order valence-electron chi connectivity index (χ4n) is 3.16. The molecule has 0 radical (unpaired) electrons. The topological polar surface area (TPSA) is 104 Å². The predicted octanol–water partition coefficient (Wildman–Crippen LogP) is 3.85. The number of piperidine rings is 1. The van der Waals surface area contributed by atoms with Crippen molar-refractivity contribution >= 4 is 28.7 Å². The second-order valence-electron chi connectivity index (χ2n) is 8.19. The molecule has 0 saturated carbocycles. The van der Waals surface area contributed by atoms with Gasteiger partial charge >= 0.3 is 5.69 Å². The smallest absolute Gasteiger partial charge is 0.311 e. The first-order valence-electron chi connectivity index (χ1n) is 9.50. The van der Waals surface area contributed by atoms with Crippen molar-refractivity contribution in [3.63, 3.8) is 0 Å². The summed E-state index contributed by atoms with van der Waals surface area (Å²) in [6.45, 7) is 6.64. The summed E-state index contributed by atoms with van der Waals surface area (Å²) in [6, 6.07) is 10.2. The zero-order valence-corrected chi connectivity index (χ0v) is 16.7. The van der Waals surface area contributed by atoms with E-state index < -0.39 is 17.2 Å². The third-order valence-corrected chi connectivity index (χ3v) is 4.58. The minimum absolute atomic E-state index is 0.126. The lowest BCUT2D eigenvalue weighted by molar-refractivity contribution is -0.384. The van der Waals surface area contributed by atoms with Gasteiger partial charge in [-0.2, -0.15) is 0 Å². The van der Waals surface area contributed by atoms with Gasteiger partial charge in [0.2, 0.25) is 5.82 Å². The maximum atomic E-state index is 13.8. The van der Waals surface area contributed by atoms with Crippen LogP contribution in [-0.2, 0) is 0 Å². The molecule has 2 atom stereocenters. The molecule has 2 unspecified atom stereocenters. The van der Waals surface area contributed by atoms with E-state index in [9.17, 15) is 19.6 Å². The maximum absolute atomic E-state index is 13.8. The number of hydrogen-bond acceptors (Lipinski definition) is 7. The Morgan fingerprint density at radius 1 is 1.24 bits per heavy atom. The van der Waals surface area contributed by atoms with Gasteiger partial charge in [-0.1, -0.05) is 0 Å². The Bertz CT molecular complexity index is 869. The minimum atomic E-state index is -1.27. The Morgan fingerprint density at radius 3 is 2.52 bits per heavy atom. The van der Waals surface area contributed by atoms with Gasteiger partial charge in [-0.3, -0.25) is 10.1 Å². The zero-order valence-electron chi connectivity index (χ0n) is 16.7. The van der Waals surface area contributed by atoms with Crippen molar-refractivity contribution in [2.45, 2.75) is 45.0 Å². The molecule has 156 valence electrons. The second-order valence-corrected chi connectivity index (χ2v) is 8.19. The molecule has 0 aliphatic carbocycles. The molecule has 1 aromatic carbocycles. The third-order valence-electron chi connectivity index (χ3n) is 4.58. The van der Waals surface area contributed by atoms with Crippen molar-refractivity contribution in [3.05, 3.63) is 46.5 Å². The summed E-state index contributed by atoms with van der Waals surface area (Å²) in [5.74, 6) is 0.671. The van der Waals surface area contributed by atoms with Crippen molar-refractivity contribution in [1.29, 1.82) is 0 Å². The Hall–Kier alpha value is -2.94. The number of hydrogen-bond donors (Lipinski definition) is 3. The van der Waals surface area contributed by atoms with E-state index in [1.165, 1.54) is 6.07 Å². The molecule has 0 bridgehead atoms. The summed E-state index contributed by atoms with van der Waals surface area (Å²) in [4.78, 5) is 17.1. The number of nitrogens with one attached hydrogen (secondary N) is 2. The van der Waals surface area contributed by atoms with Crippen LogP contribution in [0.25, 0.3) is 0 Å².